The van der Waals surface area contributed by atoms with E-state index in [2.05, 4.69) is 45.4 Å². The van der Waals surface area contributed by atoms with Gasteiger partial charge in [-0.15, -0.1) is 0 Å². The van der Waals surface area contributed by atoms with Crippen molar-refractivity contribution in [1.82, 2.24) is 4.98 Å². The third-order valence-corrected chi connectivity index (χ3v) is 3.11. The number of allylic oxidation sites excluding steroid dienone is 1. The molecule has 0 aliphatic carbocycles. The van der Waals surface area contributed by atoms with Crippen LogP contribution in [-0.2, 0) is 6.42 Å². The van der Waals surface area contributed by atoms with Crippen molar-refractivity contribution in [3.8, 4) is 0 Å². The van der Waals surface area contributed by atoms with E-state index < -0.39 is 0 Å². The van der Waals surface area contributed by atoms with E-state index in [4.69, 9.17) is 0 Å². The summed E-state index contributed by atoms with van der Waals surface area (Å²) in [6.07, 6.45) is 5.09. The van der Waals surface area contributed by atoms with Crippen molar-refractivity contribution >= 4 is 21.7 Å². The lowest BCUT2D eigenvalue weighted by Gasteiger charge is -2.31. The average Bonchev–Trinajstić information content (AvgIpc) is 2.22. The monoisotopic (exact) mass is 266 g/mol. The number of halogens is 1. The van der Waals surface area contributed by atoms with Gasteiger partial charge in [-0.25, -0.2) is 4.98 Å². The van der Waals surface area contributed by atoms with Gasteiger partial charge in [-0.3, -0.25) is 0 Å². The normalized spacial score (nSPS) is 15.3. The number of hydrogen-bond acceptors (Lipinski definition) is 2. The molecule has 2 nitrogen and oxygen atoms in total. The Morgan fingerprint density at radius 2 is 2.33 bits per heavy atom. The molecular formula is C12H15BrN2. The molecule has 80 valence electrons. The molecule has 0 fully saturated rings. The molecule has 1 aromatic rings. The Morgan fingerprint density at radius 3 is 3.07 bits per heavy atom. The molecule has 0 atom stereocenters. The van der Waals surface area contributed by atoms with Gasteiger partial charge in [-0.1, -0.05) is 13.5 Å². The first-order valence-corrected chi connectivity index (χ1v) is 6.11. The number of nitrogens with zero attached hydrogens (tertiary/aromatic N) is 2. The number of fused-ring (bicyclic) bond motifs is 1. The number of hydrogen-bond donors (Lipinski definition) is 0. The molecule has 1 aliphatic heterocycles. The Kier molecular flexibility index (Phi) is 3.10. The Bertz CT molecular complexity index is 387. The zero-order valence-corrected chi connectivity index (χ0v) is 10.5. The van der Waals surface area contributed by atoms with Gasteiger partial charge in [0.15, 0.2) is 0 Å². The van der Waals surface area contributed by atoms with Crippen LogP contribution in [0.2, 0.25) is 0 Å². The van der Waals surface area contributed by atoms with Crippen molar-refractivity contribution in [2.24, 2.45) is 0 Å². The van der Waals surface area contributed by atoms with Crippen molar-refractivity contribution in [3.05, 3.63) is 34.6 Å². The minimum Gasteiger partial charge on any atom is -0.331 e. The first kappa shape index (κ1) is 10.7. The van der Waals surface area contributed by atoms with Gasteiger partial charge in [-0.05, 0) is 46.8 Å². The Hall–Kier alpha value is -0.830. The van der Waals surface area contributed by atoms with Crippen LogP contribution in [0.1, 0.15) is 25.3 Å². The number of rotatable bonds is 2. The lowest BCUT2D eigenvalue weighted by Crippen LogP contribution is -2.28. The van der Waals surface area contributed by atoms with E-state index in [0.717, 1.165) is 36.1 Å². The second-order valence-corrected chi connectivity index (χ2v) is 4.77. The quantitative estimate of drug-likeness (QED) is 0.815. The smallest absolute Gasteiger partial charge is 0.135 e. The summed E-state index contributed by atoms with van der Waals surface area (Å²) < 4.78 is 1.06. The number of aromatic nitrogens is 1. The summed E-state index contributed by atoms with van der Waals surface area (Å²) in [7, 11) is 0. The number of aryl methyl sites for hydroxylation is 1. The van der Waals surface area contributed by atoms with Gasteiger partial charge in [0.2, 0.25) is 0 Å². The molecule has 1 aromatic heterocycles. The van der Waals surface area contributed by atoms with Crippen LogP contribution in [-0.4, -0.2) is 11.5 Å². The van der Waals surface area contributed by atoms with E-state index in [1.807, 2.05) is 6.20 Å². The number of pyridine rings is 1. The van der Waals surface area contributed by atoms with Gasteiger partial charge in [0.25, 0.3) is 0 Å². The molecule has 1 aliphatic rings. The van der Waals surface area contributed by atoms with Gasteiger partial charge in [0, 0.05) is 22.9 Å². The maximum Gasteiger partial charge on any atom is 0.135 e. The summed E-state index contributed by atoms with van der Waals surface area (Å²) in [4.78, 5) is 6.73. The maximum atomic E-state index is 4.49. The first-order chi connectivity index (χ1) is 7.22. The van der Waals surface area contributed by atoms with Crippen molar-refractivity contribution in [1.29, 1.82) is 0 Å². The minimum atomic E-state index is 1.01. The number of anilines is 1. The molecule has 2 heterocycles. The fraction of sp³-hybridized carbons (Fsp3) is 0.417. The molecule has 0 aromatic carbocycles. The van der Waals surface area contributed by atoms with Crippen LogP contribution in [0.4, 0.5) is 5.82 Å². The largest absolute Gasteiger partial charge is 0.331 e. The fourth-order valence-corrected chi connectivity index (χ4v) is 2.33. The van der Waals surface area contributed by atoms with E-state index in [-0.39, 0.29) is 0 Å². The summed E-state index contributed by atoms with van der Waals surface area (Å²) >= 11 is 3.46. The SMILES string of the molecule is C=C1CCc2cc(Br)cnc2N1CCC. The summed E-state index contributed by atoms with van der Waals surface area (Å²) in [5.41, 5.74) is 2.52. The molecule has 0 saturated carbocycles. The predicted octanol–water partition coefficient (Wildman–Crippen LogP) is 3.52. The molecule has 0 N–H and O–H groups in total. The highest BCUT2D eigenvalue weighted by Gasteiger charge is 2.20. The zero-order valence-electron chi connectivity index (χ0n) is 8.96. The van der Waals surface area contributed by atoms with Crippen molar-refractivity contribution < 1.29 is 0 Å². The highest BCUT2D eigenvalue weighted by molar-refractivity contribution is 9.10. The van der Waals surface area contributed by atoms with Gasteiger partial charge < -0.3 is 4.90 Å². The van der Waals surface area contributed by atoms with E-state index in [9.17, 15) is 0 Å². The standard InChI is InChI=1S/C12H15BrN2/c1-3-6-15-9(2)4-5-10-7-11(13)8-14-12(10)15/h7-8H,2-6H2,1H3. The highest BCUT2D eigenvalue weighted by atomic mass is 79.9. The van der Waals surface area contributed by atoms with Crippen LogP contribution in [0.5, 0.6) is 0 Å². The molecule has 0 unspecified atom stereocenters. The maximum absolute atomic E-state index is 4.49. The van der Waals surface area contributed by atoms with Gasteiger partial charge in [0.1, 0.15) is 5.82 Å². The second-order valence-electron chi connectivity index (χ2n) is 3.85. The molecule has 3 heteroatoms. The van der Waals surface area contributed by atoms with Crippen molar-refractivity contribution in [3.63, 3.8) is 0 Å². The van der Waals surface area contributed by atoms with Crippen LogP contribution in [0.25, 0.3) is 0 Å². The lowest BCUT2D eigenvalue weighted by atomic mass is 10.0. The molecule has 0 spiro atoms. The molecule has 0 saturated heterocycles. The van der Waals surface area contributed by atoms with Gasteiger partial charge in [0.05, 0.1) is 0 Å². The molecule has 0 amide bonds. The second kappa shape index (κ2) is 4.35. The molecule has 15 heavy (non-hydrogen) atoms. The van der Waals surface area contributed by atoms with Crippen LogP contribution in [0, 0.1) is 0 Å². The lowest BCUT2D eigenvalue weighted by molar-refractivity contribution is 0.746. The van der Waals surface area contributed by atoms with Crippen LogP contribution >= 0.6 is 15.9 Å². The van der Waals surface area contributed by atoms with Crippen LogP contribution in [0.15, 0.2) is 29.0 Å². The van der Waals surface area contributed by atoms with E-state index in [1.54, 1.807) is 0 Å². The van der Waals surface area contributed by atoms with Crippen molar-refractivity contribution in [2.75, 3.05) is 11.4 Å². The highest BCUT2D eigenvalue weighted by Crippen LogP contribution is 2.31. The zero-order chi connectivity index (χ0) is 10.8. The topological polar surface area (TPSA) is 16.1 Å². The van der Waals surface area contributed by atoms with Gasteiger partial charge in [-0.2, -0.15) is 0 Å². The summed E-state index contributed by atoms with van der Waals surface area (Å²) in [6.45, 7) is 7.31. The van der Waals surface area contributed by atoms with E-state index in [0.29, 0.717) is 0 Å². The summed E-state index contributed by atoms with van der Waals surface area (Å²) in [5, 5.41) is 0. The third kappa shape index (κ3) is 2.07. The Morgan fingerprint density at radius 1 is 1.53 bits per heavy atom. The molecule has 0 bridgehead atoms. The predicted molar refractivity (Wildman–Crippen MR) is 67.0 cm³/mol. The third-order valence-electron chi connectivity index (χ3n) is 2.68. The minimum absolute atomic E-state index is 1.01. The molecule has 2 rings (SSSR count). The van der Waals surface area contributed by atoms with Gasteiger partial charge >= 0.3 is 0 Å². The Balaban J connectivity index is 2.39. The summed E-state index contributed by atoms with van der Waals surface area (Å²) in [5.74, 6) is 1.09. The van der Waals surface area contributed by atoms with Crippen LogP contribution in [0.3, 0.4) is 0 Å². The van der Waals surface area contributed by atoms with E-state index in [1.165, 1.54) is 11.3 Å². The summed E-state index contributed by atoms with van der Waals surface area (Å²) in [6, 6.07) is 2.16. The first-order valence-electron chi connectivity index (χ1n) is 5.32. The molecule has 0 radical (unpaired) electrons. The van der Waals surface area contributed by atoms with Crippen molar-refractivity contribution in [2.45, 2.75) is 26.2 Å². The molecular weight excluding hydrogens is 252 g/mol. The average molecular weight is 267 g/mol. The fourth-order valence-electron chi connectivity index (χ4n) is 1.95. The van der Waals surface area contributed by atoms with E-state index >= 15 is 0 Å². The Labute approximate surface area is 99.1 Å². The van der Waals surface area contributed by atoms with Crippen LogP contribution < -0.4 is 4.90 Å².